The van der Waals surface area contributed by atoms with Crippen LogP contribution in [0.15, 0.2) is 67.8 Å². The summed E-state index contributed by atoms with van der Waals surface area (Å²) in [7, 11) is 2.27. The fraction of sp³-hybridized carbons (Fsp3) is 0.464. The Morgan fingerprint density at radius 1 is 1.00 bits per heavy atom. The normalized spacial score (nSPS) is 18.5. The summed E-state index contributed by atoms with van der Waals surface area (Å²) in [5, 5.41) is 0. The van der Waals surface area contributed by atoms with Crippen LogP contribution in [-0.4, -0.2) is 24.3 Å². The number of carbonyl (C=O) groups excluding carboxylic acids is 1. The Labute approximate surface area is 188 Å². The molecule has 31 heavy (non-hydrogen) atoms. The number of rotatable bonds is 7. The van der Waals surface area contributed by atoms with Gasteiger partial charge in [-0.25, -0.2) is 0 Å². The van der Waals surface area contributed by atoms with Crippen LogP contribution >= 0.6 is 0 Å². The molecular formula is C28H37NO2. The Kier molecular flexibility index (Phi) is 8.48. The first-order valence-electron chi connectivity index (χ1n) is 11.7. The molecule has 3 nitrogen and oxygen atoms in total. The smallest absolute Gasteiger partial charge is 0.133 e. The van der Waals surface area contributed by atoms with Gasteiger partial charge in [-0.3, -0.25) is 9.69 Å². The first-order valence-corrected chi connectivity index (χ1v) is 11.7. The first kappa shape index (κ1) is 23.3. The number of ketones is 1. The van der Waals surface area contributed by atoms with E-state index in [0.29, 0.717) is 25.2 Å². The summed E-state index contributed by atoms with van der Waals surface area (Å²) in [4.78, 5) is 14.6. The molecule has 2 aliphatic carbocycles. The topological polar surface area (TPSA) is 29.5 Å². The van der Waals surface area contributed by atoms with Crippen molar-refractivity contribution in [1.82, 2.24) is 4.90 Å². The van der Waals surface area contributed by atoms with E-state index in [9.17, 15) is 4.79 Å². The van der Waals surface area contributed by atoms with E-state index in [4.69, 9.17) is 4.74 Å². The second-order valence-corrected chi connectivity index (χ2v) is 8.90. The predicted molar refractivity (Wildman–Crippen MR) is 128 cm³/mol. The van der Waals surface area contributed by atoms with Crippen molar-refractivity contribution >= 4 is 5.78 Å². The van der Waals surface area contributed by atoms with Gasteiger partial charge in [-0.15, -0.1) is 13.2 Å². The fourth-order valence-electron chi connectivity index (χ4n) is 5.20. The van der Waals surface area contributed by atoms with Crippen molar-refractivity contribution in [2.24, 2.45) is 5.92 Å². The Bertz CT molecular complexity index is 816. The van der Waals surface area contributed by atoms with Crippen molar-refractivity contribution in [3.05, 3.63) is 78.9 Å². The maximum absolute atomic E-state index is 12.0. The van der Waals surface area contributed by atoms with E-state index in [0.717, 1.165) is 31.1 Å². The first-order chi connectivity index (χ1) is 15.2. The molecule has 0 atom stereocenters. The molecule has 0 spiro atoms. The lowest BCUT2D eigenvalue weighted by Gasteiger charge is -2.46. The van der Waals surface area contributed by atoms with Crippen LogP contribution in [0.4, 0.5) is 0 Å². The summed E-state index contributed by atoms with van der Waals surface area (Å²) in [6.45, 7) is 7.71. The molecule has 2 aliphatic rings. The molecule has 0 radical (unpaired) electrons. The lowest BCUT2D eigenvalue weighted by Crippen LogP contribution is -2.48. The van der Waals surface area contributed by atoms with Crippen LogP contribution in [0, 0.1) is 5.92 Å². The number of benzene rings is 2. The molecule has 2 aromatic carbocycles. The van der Waals surface area contributed by atoms with Crippen LogP contribution in [0.1, 0.15) is 62.5 Å². The Balaban J connectivity index is 0.00000132. The molecule has 166 valence electrons. The highest BCUT2D eigenvalue weighted by molar-refractivity contribution is 5.79. The second kappa shape index (κ2) is 11.3. The largest absolute Gasteiger partial charge is 0.489 e. The lowest BCUT2D eigenvalue weighted by molar-refractivity contribution is -0.123. The average molecular weight is 420 g/mol. The van der Waals surface area contributed by atoms with Gasteiger partial charge in [-0.05, 0) is 61.9 Å². The van der Waals surface area contributed by atoms with E-state index >= 15 is 0 Å². The Morgan fingerprint density at radius 3 is 2.35 bits per heavy atom. The second-order valence-electron chi connectivity index (χ2n) is 8.90. The summed E-state index contributed by atoms with van der Waals surface area (Å²) >= 11 is 0. The molecule has 0 amide bonds. The number of nitrogens with zero attached hydrogens (tertiary/aromatic N) is 1. The summed E-state index contributed by atoms with van der Waals surface area (Å²) in [6.07, 6.45) is 8.63. The minimum Gasteiger partial charge on any atom is -0.489 e. The molecule has 0 aliphatic heterocycles. The van der Waals surface area contributed by atoms with Gasteiger partial charge in [0.2, 0.25) is 0 Å². The standard InChI is InChI=1S/C26H33NO2.C2H4/c1-27(19-21-8-5-6-9-21)26(16-14-24(28)15-17-26)23-12-7-13-25(18-23)29-20-22-10-3-2-4-11-22;1-2/h2-4,7,10-13,18,21H,5-6,8-9,14-17,19-20H2,1H3;1-2H2. The van der Waals surface area contributed by atoms with E-state index in [1.807, 2.05) is 24.3 Å². The zero-order valence-electron chi connectivity index (χ0n) is 19.0. The number of Topliss-reactive ketones (excluding diaryl/α,β-unsaturated/α-hetero) is 1. The third-order valence-corrected chi connectivity index (χ3v) is 6.99. The van der Waals surface area contributed by atoms with E-state index < -0.39 is 0 Å². The molecule has 0 aromatic heterocycles. The molecule has 0 saturated heterocycles. The van der Waals surface area contributed by atoms with Crippen LogP contribution < -0.4 is 4.74 Å². The van der Waals surface area contributed by atoms with E-state index in [2.05, 4.69) is 55.4 Å². The van der Waals surface area contributed by atoms with Gasteiger partial charge in [0, 0.05) is 24.9 Å². The SMILES string of the molecule is C=C.CN(CC1CCCC1)C1(c2cccc(OCc3ccccc3)c2)CCC(=O)CC1. The molecule has 0 unspecified atom stereocenters. The van der Waals surface area contributed by atoms with Gasteiger partial charge in [-0.1, -0.05) is 55.3 Å². The molecule has 0 N–H and O–H groups in total. The Morgan fingerprint density at radius 2 is 1.68 bits per heavy atom. The van der Waals surface area contributed by atoms with Crippen LogP contribution in [0.25, 0.3) is 0 Å². The van der Waals surface area contributed by atoms with E-state index in [1.165, 1.54) is 36.8 Å². The third-order valence-electron chi connectivity index (χ3n) is 6.99. The van der Waals surface area contributed by atoms with Crippen molar-refractivity contribution < 1.29 is 9.53 Å². The summed E-state index contributed by atoms with van der Waals surface area (Å²) in [6, 6.07) is 18.9. The quantitative estimate of drug-likeness (QED) is 0.478. The molecule has 2 fully saturated rings. The number of hydrogen-bond donors (Lipinski definition) is 0. The van der Waals surface area contributed by atoms with Gasteiger partial charge in [0.25, 0.3) is 0 Å². The molecule has 4 rings (SSSR count). The number of hydrogen-bond acceptors (Lipinski definition) is 3. The van der Waals surface area contributed by atoms with Gasteiger partial charge in [0.05, 0.1) is 0 Å². The summed E-state index contributed by atoms with van der Waals surface area (Å²) in [5.74, 6) is 2.12. The average Bonchev–Trinajstić information content (AvgIpc) is 3.34. The number of ether oxygens (including phenoxy) is 1. The van der Waals surface area contributed by atoms with Gasteiger partial charge in [-0.2, -0.15) is 0 Å². The minimum absolute atomic E-state index is 0.0530. The van der Waals surface area contributed by atoms with E-state index in [-0.39, 0.29) is 5.54 Å². The lowest BCUT2D eigenvalue weighted by atomic mass is 9.74. The third kappa shape index (κ3) is 5.86. The summed E-state index contributed by atoms with van der Waals surface area (Å²) in [5.41, 5.74) is 2.42. The minimum atomic E-state index is -0.0530. The zero-order chi connectivity index (χ0) is 22.1. The molecule has 0 heterocycles. The maximum atomic E-state index is 12.0. The fourth-order valence-corrected chi connectivity index (χ4v) is 5.20. The Hall–Kier alpha value is -2.39. The van der Waals surface area contributed by atoms with Gasteiger partial charge >= 0.3 is 0 Å². The molecule has 3 heteroatoms. The zero-order valence-corrected chi connectivity index (χ0v) is 19.0. The van der Waals surface area contributed by atoms with Crippen molar-refractivity contribution in [3.63, 3.8) is 0 Å². The predicted octanol–water partition coefficient (Wildman–Crippen LogP) is 6.53. The highest BCUT2D eigenvalue weighted by Crippen LogP contribution is 2.43. The maximum Gasteiger partial charge on any atom is 0.133 e. The molecule has 2 saturated carbocycles. The van der Waals surface area contributed by atoms with Gasteiger partial charge in [0.1, 0.15) is 18.1 Å². The van der Waals surface area contributed by atoms with Crippen molar-refractivity contribution in [2.45, 2.75) is 63.5 Å². The summed E-state index contributed by atoms with van der Waals surface area (Å²) < 4.78 is 6.12. The monoisotopic (exact) mass is 419 g/mol. The van der Waals surface area contributed by atoms with Gasteiger partial charge in [0.15, 0.2) is 0 Å². The molecular weight excluding hydrogens is 382 g/mol. The number of carbonyl (C=O) groups is 1. The van der Waals surface area contributed by atoms with Crippen LogP contribution in [0.2, 0.25) is 0 Å². The van der Waals surface area contributed by atoms with E-state index in [1.54, 1.807) is 0 Å². The highest BCUT2D eigenvalue weighted by Gasteiger charge is 2.40. The van der Waals surface area contributed by atoms with Crippen molar-refractivity contribution in [2.75, 3.05) is 13.6 Å². The van der Waals surface area contributed by atoms with Crippen LogP contribution in [0.3, 0.4) is 0 Å². The van der Waals surface area contributed by atoms with Crippen molar-refractivity contribution in [3.8, 4) is 5.75 Å². The molecule has 2 aromatic rings. The van der Waals surface area contributed by atoms with Gasteiger partial charge < -0.3 is 4.74 Å². The van der Waals surface area contributed by atoms with Crippen LogP contribution in [0.5, 0.6) is 5.75 Å². The molecule has 0 bridgehead atoms. The van der Waals surface area contributed by atoms with Crippen molar-refractivity contribution in [1.29, 1.82) is 0 Å². The highest BCUT2D eigenvalue weighted by atomic mass is 16.5. The van der Waals surface area contributed by atoms with Crippen LogP contribution in [-0.2, 0) is 16.9 Å².